The molecule has 3 aromatic rings. The number of rotatable bonds is 5. The topological polar surface area (TPSA) is 89.4 Å². The standard InChI is InChI=1S/C21H17F2N5O2/c1-4-30-21(24-3)13-6-5-12(2)14(7-13)17-10-27-18(11-26-17)28-20(29)19-15(22)8-25-9-16(19)23/h4-11H,1H2,2-3H3,(H,27,28,29). The predicted molar refractivity (Wildman–Crippen MR) is 108 cm³/mol. The number of anilines is 1. The van der Waals surface area contributed by atoms with Crippen LogP contribution in [0.15, 0.2) is 60.8 Å². The molecule has 3 rings (SSSR count). The van der Waals surface area contributed by atoms with E-state index in [4.69, 9.17) is 4.74 Å². The lowest BCUT2D eigenvalue weighted by molar-refractivity contribution is 0.101. The Morgan fingerprint density at radius 1 is 1.17 bits per heavy atom. The molecule has 9 heteroatoms. The lowest BCUT2D eigenvalue weighted by atomic mass is 10.0. The van der Waals surface area contributed by atoms with E-state index < -0.39 is 23.1 Å². The molecule has 0 saturated heterocycles. The fourth-order valence-corrected chi connectivity index (χ4v) is 2.70. The van der Waals surface area contributed by atoms with Gasteiger partial charge in [0, 0.05) is 18.2 Å². The van der Waals surface area contributed by atoms with Gasteiger partial charge in [0.2, 0.25) is 5.90 Å². The van der Waals surface area contributed by atoms with Crippen molar-refractivity contribution in [2.45, 2.75) is 6.92 Å². The maximum absolute atomic E-state index is 13.7. The maximum Gasteiger partial charge on any atom is 0.262 e. The minimum Gasteiger partial charge on any atom is -0.447 e. The second-order valence-electron chi connectivity index (χ2n) is 6.06. The molecule has 152 valence electrons. The molecule has 7 nitrogen and oxygen atoms in total. The second-order valence-corrected chi connectivity index (χ2v) is 6.06. The van der Waals surface area contributed by atoms with Crippen molar-refractivity contribution in [2.75, 3.05) is 12.4 Å². The summed E-state index contributed by atoms with van der Waals surface area (Å²) in [6, 6.07) is 5.57. The number of halogens is 2. The minimum absolute atomic E-state index is 0.0407. The molecule has 1 amide bonds. The van der Waals surface area contributed by atoms with E-state index in [1.54, 1.807) is 7.05 Å². The quantitative estimate of drug-likeness (QED) is 0.392. The number of carbonyl (C=O) groups excluding carboxylic acids is 1. The summed E-state index contributed by atoms with van der Waals surface area (Å²) in [5.74, 6) is -2.69. The Labute approximate surface area is 171 Å². The van der Waals surface area contributed by atoms with E-state index in [-0.39, 0.29) is 5.82 Å². The van der Waals surface area contributed by atoms with Gasteiger partial charge in [-0.05, 0) is 24.6 Å². The van der Waals surface area contributed by atoms with E-state index in [1.165, 1.54) is 18.7 Å². The van der Waals surface area contributed by atoms with E-state index >= 15 is 0 Å². The van der Waals surface area contributed by atoms with E-state index in [1.807, 2.05) is 25.1 Å². The number of nitrogens with zero attached hydrogens (tertiary/aromatic N) is 4. The summed E-state index contributed by atoms with van der Waals surface area (Å²) < 4.78 is 32.7. The summed E-state index contributed by atoms with van der Waals surface area (Å²) in [6.07, 6.45) is 5.54. The first-order valence-corrected chi connectivity index (χ1v) is 8.72. The normalized spacial score (nSPS) is 11.1. The van der Waals surface area contributed by atoms with Gasteiger partial charge < -0.3 is 10.1 Å². The van der Waals surface area contributed by atoms with Gasteiger partial charge in [0.15, 0.2) is 17.5 Å². The van der Waals surface area contributed by atoms with Crippen molar-refractivity contribution < 1.29 is 18.3 Å². The third-order valence-electron chi connectivity index (χ3n) is 4.13. The Bertz CT molecular complexity index is 1110. The summed E-state index contributed by atoms with van der Waals surface area (Å²) in [4.78, 5) is 28.0. The van der Waals surface area contributed by atoms with Gasteiger partial charge in [0.25, 0.3) is 5.91 Å². The van der Waals surface area contributed by atoms with E-state index in [9.17, 15) is 13.6 Å². The maximum atomic E-state index is 13.7. The average Bonchev–Trinajstić information content (AvgIpc) is 2.73. The molecule has 0 aliphatic rings. The van der Waals surface area contributed by atoms with Crippen LogP contribution in [0.4, 0.5) is 14.6 Å². The molecule has 0 saturated carbocycles. The Kier molecular flexibility index (Phi) is 6.21. The molecule has 0 fully saturated rings. The highest BCUT2D eigenvalue weighted by atomic mass is 19.1. The van der Waals surface area contributed by atoms with Crippen LogP contribution >= 0.6 is 0 Å². The molecule has 30 heavy (non-hydrogen) atoms. The van der Waals surface area contributed by atoms with Gasteiger partial charge in [-0.2, -0.15) is 0 Å². The Morgan fingerprint density at radius 2 is 1.90 bits per heavy atom. The molecule has 1 aromatic carbocycles. The first kappa shape index (κ1) is 20.7. The fraction of sp³-hybridized carbons (Fsp3) is 0.0952. The monoisotopic (exact) mass is 409 g/mol. The first-order valence-electron chi connectivity index (χ1n) is 8.72. The van der Waals surface area contributed by atoms with Crippen LogP contribution < -0.4 is 5.32 Å². The third kappa shape index (κ3) is 4.35. The Balaban J connectivity index is 1.86. The lowest BCUT2D eigenvalue weighted by Gasteiger charge is -2.10. The van der Waals surface area contributed by atoms with Crippen LogP contribution in [0.1, 0.15) is 21.5 Å². The number of nitrogens with one attached hydrogen (secondary N) is 1. The van der Waals surface area contributed by atoms with Gasteiger partial charge in [-0.1, -0.05) is 12.6 Å². The van der Waals surface area contributed by atoms with E-state index in [0.717, 1.165) is 29.1 Å². The minimum atomic E-state index is -1.07. The van der Waals surface area contributed by atoms with Crippen molar-refractivity contribution in [3.05, 3.63) is 84.2 Å². The van der Waals surface area contributed by atoms with Crippen molar-refractivity contribution in [2.24, 2.45) is 4.99 Å². The molecule has 2 heterocycles. The van der Waals surface area contributed by atoms with Crippen LogP contribution in [0.25, 0.3) is 11.3 Å². The summed E-state index contributed by atoms with van der Waals surface area (Å²) in [5, 5.41) is 2.32. The molecule has 0 unspecified atom stereocenters. The first-order chi connectivity index (χ1) is 14.4. The smallest absolute Gasteiger partial charge is 0.262 e. The van der Waals surface area contributed by atoms with Crippen LogP contribution in [0, 0.1) is 18.6 Å². The van der Waals surface area contributed by atoms with Crippen molar-refractivity contribution in [3.8, 4) is 11.3 Å². The number of aryl methyl sites for hydroxylation is 1. The van der Waals surface area contributed by atoms with Crippen LogP contribution in [-0.2, 0) is 4.74 Å². The Morgan fingerprint density at radius 3 is 2.50 bits per heavy atom. The highest BCUT2D eigenvalue weighted by Crippen LogP contribution is 2.24. The van der Waals surface area contributed by atoms with E-state index in [2.05, 4.69) is 31.8 Å². The lowest BCUT2D eigenvalue weighted by Crippen LogP contribution is -2.17. The largest absolute Gasteiger partial charge is 0.447 e. The van der Waals surface area contributed by atoms with Crippen molar-refractivity contribution in [3.63, 3.8) is 0 Å². The van der Waals surface area contributed by atoms with Crippen molar-refractivity contribution in [1.82, 2.24) is 15.0 Å². The van der Waals surface area contributed by atoms with Crippen molar-refractivity contribution in [1.29, 1.82) is 0 Å². The van der Waals surface area contributed by atoms with Crippen LogP contribution in [0.2, 0.25) is 0 Å². The molecule has 0 aliphatic heterocycles. The van der Waals surface area contributed by atoms with Crippen LogP contribution in [0.5, 0.6) is 0 Å². The zero-order valence-corrected chi connectivity index (χ0v) is 16.2. The molecular weight excluding hydrogens is 392 g/mol. The number of pyridine rings is 1. The molecular formula is C21H17F2N5O2. The zero-order chi connectivity index (χ0) is 21.7. The third-order valence-corrected chi connectivity index (χ3v) is 4.13. The molecule has 0 radical (unpaired) electrons. The van der Waals surface area contributed by atoms with Gasteiger partial charge in [0.05, 0.1) is 36.7 Å². The molecule has 0 aliphatic carbocycles. The number of aliphatic imine (C=N–C) groups is 1. The summed E-state index contributed by atoms with van der Waals surface area (Å²) in [6.45, 7) is 5.43. The van der Waals surface area contributed by atoms with Crippen LogP contribution in [-0.4, -0.2) is 33.8 Å². The fourth-order valence-electron chi connectivity index (χ4n) is 2.70. The number of hydrogen-bond donors (Lipinski definition) is 1. The number of ether oxygens (including phenoxy) is 1. The van der Waals surface area contributed by atoms with Gasteiger partial charge in [0.1, 0.15) is 5.56 Å². The number of benzene rings is 1. The zero-order valence-electron chi connectivity index (χ0n) is 16.2. The molecule has 0 bridgehead atoms. The molecule has 1 N–H and O–H groups in total. The second kappa shape index (κ2) is 8.99. The summed E-state index contributed by atoms with van der Waals surface area (Å²) >= 11 is 0. The van der Waals surface area contributed by atoms with Gasteiger partial charge in [-0.15, -0.1) is 0 Å². The predicted octanol–water partition coefficient (Wildman–Crippen LogP) is 3.91. The highest BCUT2D eigenvalue weighted by Gasteiger charge is 2.18. The number of hydrogen-bond acceptors (Lipinski definition) is 6. The van der Waals surface area contributed by atoms with E-state index in [0.29, 0.717) is 11.6 Å². The number of amides is 1. The summed E-state index contributed by atoms with van der Waals surface area (Å²) in [7, 11) is 1.60. The Hall–Kier alpha value is -4.01. The van der Waals surface area contributed by atoms with Gasteiger partial charge in [-0.3, -0.25) is 19.8 Å². The molecule has 2 aromatic heterocycles. The molecule has 0 atom stereocenters. The highest BCUT2D eigenvalue weighted by molar-refractivity contribution is 6.04. The average molecular weight is 409 g/mol. The van der Waals surface area contributed by atoms with Crippen LogP contribution in [0.3, 0.4) is 0 Å². The summed E-state index contributed by atoms with van der Waals surface area (Å²) in [5.41, 5.74) is 2.22. The number of carbonyl (C=O) groups is 1. The molecule has 0 spiro atoms. The SMILES string of the molecule is C=COC(=NC)c1ccc(C)c(-c2cnc(NC(=O)c3c(F)cncc3F)cn2)c1. The van der Waals surface area contributed by atoms with Gasteiger partial charge >= 0.3 is 0 Å². The number of aromatic nitrogens is 3. The van der Waals surface area contributed by atoms with Crippen molar-refractivity contribution >= 4 is 17.6 Å². The van der Waals surface area contributed by atoms with Gasteiger partial charge in [-0.25, -0.2) is 13.8 Å².